The maximum atomic E-state index is 11.8. The molecule has 24 heavy (non-hydrogen) atoms. The molecule has 0 unspecified atom stereocenters. The number of para-hydroxylation sites is 1. The molecule has 7 heteroatoms. The molecule has 0 aliphatic rings. The first-order chi connectivity index (χ1) is 11.5. The number of aryl methyl sites for hydroxylation is 1. The second kappa shape index (κ2) is 6.84. The van der Waals surface area contributed by atoms with Gasteiger partial charge in [-0.2, -0.15) is 0 Å². The molecule has 0 atom stereocenters. The van der Waals surface area contributed by atoms with Crippen LogP contribution in [0.25, 0.3) is 10.9 Å². The number of fused-ring (bicyclic) bond motifs is 1. The molecule has 1 aromatic carbocycles. The zero-order valence-corrected chi connectivity index (χ0v) is 14.1. The van der Waals surface area contributed by atoms with Crippen molar-refractivity contribution in [2.24, 2.45) is 0 Å². The van der Waals surface area contributed by atoms with E-state index in [0.29, 0.717) is 17.1 Å². The molecule has 3 aromatic rings. The predicted octanol–water partition coefficient (Wildman–Crippen LogP) is 1.49. The van der Waals surface area contributed by atoms with Crippen LogP contribution in [0.3, 0.4) is 0 Å². The maximum Gasteiger partial charge on any atom is 0.328 e. The smallest absolute Gasteiger partial charge is 0.328 e. The summed E-state index contributed by atoms with van der Waals surface area (Å²) in [6, 6.07) is 8.15. The molecule has 2 heterocycles. The SMILES string of the molecule is Cc1cn(CC(=S)NCCc2c[nH]c3ccccc23)c(=O)[nH]c1=O. The van der Waals surface area contributed by atoms with Crippen molar-refractivity contribution >= 4 is 28.1 Å². The topological polar surface area (TPSA) is 82.7 Å². The number of nitrogens with zero attached hydrogens (tertiary/aromatic N) is 1. The van der Waals surface area contributed by atoms with Crippen molar-refractivity contribution in [1.29, 1.82) is 0 Å². The van der Waals surface area contributed by atoms with Crippen molar-refractivity contribution < 1.29 is 0 Å². The van der Waals surface area contributed by atoms with Crippen LogP contribution in [0.2, 0.25) is 0 Å². The number of aromatic nitrogens is 3. The molecular weight excluding hydrogens is 324 g/mol. The zero-order chi connectivity index (χ0) is 17.1. The Labute approximate surface area is 143 Å². The highest BCUT2D eigenvalue weighted by Gasteiger charge is 2.05. The van der Waals surface area contributed by atoms with Crippen LogP contribution in [0.4, 0.5) is 0 Å². The van der Waals surface area contributed by atoms with Crippen LogP contribution < -0.4 is 16.6 Å². The molecular formula is C17H18N4O2S. The maximum absolute atomic E-state index is 11.8. The van der Waals surface area contributed by atoms with Crippen LogP contribution in [0.15, 0.2) is 46.2 Å². The zero-order valence-electron chi connectivity index (χ0n) is 13.3. The lowest BCUT2D eigenvalue weighted by Gasteiger charge is -2.10. The van der Waals surface area contributed by atoms with Gasteiger partial charge < -0.3 is 10.3 Å². The van der Waals surface area contributed by atoms with Gasteiger partial charge in [-0.25, -0.2) is 4.79 Å². The van der Waals surface area contributed by atoms with E-state index in [9.17, 15) is 9.59 Å². The Morgan fingerprint density at radius 3 is 2.92 bits per heavy atom. The van der Waals surface area contributed by atoms with Crippen molar-refractivity contribution in [3.05, 3.63) is 68.6 Å². The van der Waals surface area contributed by atoms with Crippen LogP contribution in [0.1, 0.15) is 11.1 Å². The third kappa shape index (κ3) is 3.46. The van der Waals surface area contributed by atoms with Gasteiger partial charge >= 0.3 is 5.69 Å². The molecule has 0 aliphatic carbocycles. The Morgan fingerprint density at radius 1 is 1.29 bits per heavy atom. The Morgan fingerprint density at radius 2 is 2.08 bits per heavy atom. The Hall–Kier alpha value is -2.67. The summed E-state index contributed by atoms with van der Waals surface area (Å²) in [4.78, 5) is 29.2. The molecule has 2 aromatic heterocycles. The minimum atomic E-state index is -0.452. The summed E-state index contributed by atoms with van der Waals surface area (Å²) >= 11 is 5.29. The van der Waals surface area contributed by atoms with Crippen LogP contribution in [-0.2, 0) is 13.0 Å². The molecule has 0 aliphatic heterocycles. The molecule has 0 radical (unpaired) electrons. The number of benzene rings is 1. The summed E-state index contributed by atoms with van der Waals surface area (Å²) in [5, 5.41) is 4.37. The average Bonchev–Trinajstić information content (AvgIpc) is 2.96. The Kier molecular flexibility index (Phi) is 4.61. The summed E-state index contributed by atoms with van der Waals surface area (Å²) in [6.45, 7) is 2.58. The molecule has 124 valence electrons. The summed E-state index contributed by atoms with van der Waals surface area (Å²) in [5.74, 6) is 0. The van der Waals surface area contributed by atoms with Gasteiger partial charge in [0, 0.05) is 35.4 Å². The van der Waals surface area contributed by atoms with Crippen molar-refractivity contribution in [2.75, 3.05) is 6.54 Å². The standard InChI is InChI=1S/C17H18N4O2S/c1-11-9-21(17(23)20-16(11)22)10-15(24)18-7-6-12-8-19-14-5-3-2-4-13(12)14/h2-5,8-9,19H,6-7,10H2,1H3,(H,18,24)(H,20,22,23). The van der Waals surface area contributed by atoms with Gasteiger partial charge in [-0.1, -0.05) is 30.4 Å². The minimum absolute atomic E-state index is 0.250. The predicted molar refractivity (Wildman–Crippen MR) is 98.7 cm³/mol. The first-order valence-corrected chi connectivity index (χ1v) is 8.07. The number of hydrogen-bond donors (Lipinski definition) is 3. The quantitative estimate of drug-likeness (QED) is 0.614. The van der Waals surface area contributed by atoms with E-state index in [0.717, 1.165) is 11.9 Å². The minimum Gasteiger partial charge on any atom is -0.378 e. The molecule has 0 bridgehead atoms. The first kappa shape index (κ1) is 16.2. The molecule has 3 rings (SSSR count). The van der Waals surface area contributed by atoms with E-state index in [2.05, 4.69) is 21.4 Å². The van der Waals surface area contributed by atoms with Gasteiger partial charge in [0.2, 0.25) is 0 Å². The van der Waals surface area contributed by atoms with E-state index in [1.54, 1.807) is 6.92 Å². The summed E-state index contributed by atoms with van der Waals surface area (Å²) in [5.41, 5.74) is 2.00. The summed E-state index contributed by atoms with van der Waals surface area (Å²) < 4.78 is 1.40. The summed E-state index contributed by atoms with van der Waals surface area (Å²) in [7, 11) is 0. The van der Waals surface area contributed by atoms with Gasteiger partial charge in [0.05, 0.1) is 11.5 Å². The lowest BCUT2D eigenvalue weighted by molar-refractivity contribution is 0.731. The fourth-order valence-electron chi connectivity index (χ4n) is 2.62. The number of thiocarbonyl (C=S) groups is 1. The molecule has 3 N–H and O–H groups in total. The van der Waals surface area contributed by atoms with Crippen molar-refractivity contribution in [3.63, 3.8) is 0 Å². The van der Waals surface area contributed by atoms with E-state index < -0.39 is 5.69 Å². The van der Waals surface area contributed by atoms with Crippen LogP contribution >= 0.6 is 12.2 Å². The van der Waals surface area contributed by atoms with Crippen LogP contribution in [0.5, 0.6) is 0 Å². The number of aromatic amines is 2. The van der Waals surface area contributed by atoms with Gasteiger partial charge in [-0.15, -0.1) is 0 Å². The van der Waals surface area contributed by atoms with E-state index in [4.69, 9.17) is 12.2 Å². The third-order valence-electron chi connectivity index (χ3n) is 3.89. The second-order valence-electron chi connectivity index (χ2n) is 5.66. The van der Waals surface area contributed by atoms with E-state index in [-0.39, 0.29) is 12.1 Å². The average molecular weight is 342 g/mol. The highest BCUT2D eigenvalue weighted by molar-refractivity contribution is 7.80. The van der Waals surface area contributed by atoms with Gasteiger partial charge in [0.25, 0.3) is 5.56 Å². The van der Waals surface area contributed by atoms with Crippen LogP contribution in [0, 0.1) is 6.92 Å². The Balaban J connectivity index is 1.59. The molecule has 6 nitrogen and oxygen atoms in total. The van der Waals surface area contributed by atoms with E-state index in [1.807, 2.05) is 24.4 Å². The van der Waals surface area contributed by atoms with Gasteiger partial charge in [-0.05, 0) is 25.0 Å². The monoisotopic (exact) mass is 342 g/mol. The lowest BCUT2D eigenvalue weighted by Crippen LogP contribution is -2.36. The molecule has 0 saturated carbocycles. The van der Waals surface area contributed by atoms with Gasteiger partial charge in [-0.3, -0.25) is 14.3 Å². The summed E-state index contributed by atoms with van der Waals surface area (Å²) in [6.07, 6.45) is 4.35. The highest BCUT2D eigenvalue weighted by atomic mass is 32.1. The van der Waals surface area contributed by atoms with Crippen molar-refractivity contribution in [2.45, 2.75) is 19.9 Å². The van der Waals surface area contributed by atoms with Crippen molar-refractivity contribution in [3.8, 4) is 0 Å². The molecule has 0 fully saturated rings. The van der Waals surface area contributed by atoms with Crippen LogP contribution in [-0.4, -0.2) is 26.1 Å². The fourth-order valence-corrected chi connectivity index (χ4v) is 2.86. The molecule has 0 spiro atoms. The molecule has 0 amide bonds. The third-order valence-corrected chi connectivity index (χ3v) is 4.17. The number of hydrogen-bond acceptors (Lipinski definition) is 3. The normalized spacial score (nSPS) is 10.9. The van der Waals surface area contributed by atoms with E-state index in [1.165, 1.54) is 21.7 Å². The van der Waals surface area contributed by atoms with Crippen molar-refractivity contribution in [1.82, 2.24) is 19.9 Å². The largest absolute Gasteiger partial charge is 0.378 e. The number of nitrogens with one attached hydrogen (secondary N) is 3. The fraction of sp³-hybridized carbons (Fsp3) is 0.235. The van der Waals surface area contributed by atoms with E-state index >= 15 is 0 Å². The molecule has 0 saturated heterocycles. The Bertz CT molecular complexity index is 999. The number of H-pyrrole nitrogens is 2. The highest BCUT2D eigenvalue weighted by Crippen LogP contribution is 2.17. The lowest BCUT2D eigenvalue weighted by atomic mass is 10.1. The van der Waals surface area contributed by atoms with Gasteiger partial charge in [0.15, 0.2) is 0 Å². The van der Waals surface area contributed by atoms with Gasteiger partial charge in [0.1, 0.15) is 0 Å². The number of rotatable bonds is 5. The second-order valence-corrected chi connectivity index (χ2v) is 6.15. The first-order valence-electron chi connectivity index (χ1n) is 7.66.